The first-order valence-electron chi connectivity index (χ1n) is 7.49. The van der Waals surface area contributed by atoms with Crippen LogP contribution in [-0.4, -0.2) is 15.2 Å². The summed E-state index contributed by atoms with van der Waals surface area (Å²) < 4.78 is 0.458. The van der Waals surface area contributed by atoms with Crippen molar-refractivity contribution in [3.8, 4) is 0 Å². The molecule has 1 amide bonds. The van der Waals surface area contributed by atoms with Crippen LogP contribution in [0.4, 0.5) is 10.7 Å². The maximum Gasteiger partial charge on any atom is 0.324 e. The third-order valence-corrected chi connectivity index (χ3v) is 5.96. The van der Waals surface area contributed by atoms with Gasteiger partial charge in [0.1, 0.15) is 0 Å². The number of hydrogen-bond acceptors (Lipinski definition) is 6. The molecular weight excluding hydrogens is 376 g/mol. The van der Waals surface area contributed by atoms with Gasteiger partial charge in [-0.3, -0.25) is 19.8 Å². The number of thiophene rings is 1. The van der Waals surface area contributed by atoms with Gasteiger partial charge in [0.25, 0.3) is 5.91 Å². The van der Waals surface area contributed by atoms with Crippen molar-refractivity contribution in [3.63, 3.8) is 0 Å². The van der Waals surface area contributed by atoms with Crippen LogP contribution in [0.2, 0.25) is 0 Å². The molecule has 1 aliphatic heterocycles. The van der Waals surface area contributed by atoms with Gasteiger partial charge in [-0.25, -0.2) is 0 Å². The molecule has 5 nitrogen and oxygen atoms in total. The van der Waals surface area contributed by atoms with Gasteiger partial charge in [0.05, 0.1) is 15.5 Å². The molecule has 3 rings (SSSR count). The number of nitrogens with zero attached hydrogens (tertiary/aromatic N) is 2. The van der Waals surface area contributed by atoms with Crippen LogP contribution >= 0.6 is 35.3 Å². The summed E-state index contributed by atoms with van der Waals surface area (Å²) in [6, 6.07) is 10.8. The van der Waals surface area contributed by atoms with Gasteiger partial charge in [-0.05, 0) is 35.8 Å². The minimum Gasteiger partial charge on any atom is -0.268 e. The molecule has 25 heavy (non-hydrogen) atoms. The molecule has 1 saturated heterocycles. The fraction of sp³-hybridized carbons (Fsp3) is 0.176. The Bertz CT molecular complexity index is 885. The van der Waals surface area contributed by atoms with Gasteiger partial charge in [0, 0.05) is 10.9 Å². The predicted octanol–water partition coefficient (Wildman–Crippen LogP) is 5.19. The zero-order chi connectivity index (χ0) is 18.1. The van der Waals surface area contributed by atoms with E-state index < -0.39 is 4.92 Å². The van der Waals surface area contributed by atoms with Gasteiger partial charge >= 0.3 is 5.00 Å². The van der Waals surface area contributed by atoms with E-state index in [0.29, 0.717) is 20.0 Å². The van der Waals surface area contributed by atoms with Crippen molar-refractivity contribution >= 4 is 62.3 Å². The number of anilines is 1. The Hall–Kier alpha value is -2.03. The summed E-state index contributed by atoms with van der Waals surface area (Å²) in [5.74, 6) is 0.207. The van der Waals surface area contributed by atoms with Crippen molar-refractivity contribution in [1.82, 2.24) is 0 Å². The standard InChI is InChI=1S/C17H14N2O3S3/c1-10(2)11-3-5-12(6-4-11)18-16(20)14(25-17(18)23)9-13-7-8-15(24-13)19(21)22/h3-10H,1-2H3. The zero-order valence-electron chi connectivity index (χ0n) is 13.5. The fourth-order valence-electron chi connectivity index (χ4n) is 2.35. The largest absolute Gasteiger partial charge is 0.324 e. The van der Waals surface area contributed by atoms with E-state index in [9.17, 15) is 14.9 Å². The summed E-state index contributed by atoms with van der Waals surface area (Å²) in [5, 5.41) is 10.8. The predicted molar refractivity (Wildman–Crippen MR) is 107 cm³/mol. The maximum absolute atomic E-state index is 12.7. The van der Waals surface area contributed by atoms with Crippen LogP contribution in [0.3, 0.4) is 0 Å². The summed E-state index contributed by atoms with van der Waals surface area (Å²) in [7, 11) is 0. The highest BCUT2D eigenvalue weighted by molar-refractivity contribution is 8.27. The second-order valence-electron chi connectivity index (χ2n) is 5.70. The van der Waals surface area contributed by atoms with Crippen LogP contribution in [0.5, 0.6) is 0 Å². The first-order valence-corrected chi connectivity index (χ1v) is 9.53. The molecule has 8 heteroatoms. The number of thioether (sulfide) groups is 1. The Labute approximate surface area is 158 Å². The van der Waals surface area contributed by atoms with Gasteiger partial charge in [0.15, 0.2) is 4.32 Å². The monoisotopic (exact) mass is 390 g/mol. The molecule has 1 aromatic heterocycles. The Morgan fingerprint density at radius 2 is 1.88 bits per heavy atom. The number of benzene rings is 1. The SMILES string of the molecule is CC(C)c1ccc(N2C(=O)C(=Cc3ccc([N+](=O)[O-])s3)SC2=S)cc1. The number of thiocarbonyl (C=S) groups is 1. The molecule has 2 heterocycles. The second kappa shape index (κ2) is 7.07. The lowest BCUT2D eigenvalue weighted by Crippen LogP contribution is -2.27. The number of rotatable bonds is 4. The number of nitro groups is 1. The van der Waals surface area contributed by atoms with Crippen molar-refractivity contribution in [3.05, 3.63) is 61.9 Å². The highest BCUT2D eigenvalue weighted by atomic mass is 32.2. The molecule has 0 bridgehead atoms. The van der Waals surface area contributed by atoms with Crippen LogP contribution in [0.1, 0.15) is 30.2 Å². The first kappa shape index (κ1) is 17.8. The lowest BCUT2D eigenvalue weighted by Gasteiger charge is -2.15. The summed E-state index contributed by atoms with van der Waals surface area (Å²) in [6.07, 6.45) is 1.65. The molecule has 0 aliphatic carbocycles. The topological polar surface area (TPSA) is 63.5 Å². The van der Waals surface area contributed by atoms with Crippen LogP contribution in [0, 0.1) is 10.1 Å². The lowest BCUT2D eigenvalue weighted by atomic mass is 10.0. The van der Waals surface area contributed by atoms with Crippen LogP contribution in [0.25, 0.3) is 6.08 Å². The average Bonchev–Trinajstić information content (AvgIpc) is 3.13. The number of carbonyl (C=O) groups excluding carboxylic acids is 1. The molecule has 0 spiro atoms. The Balaban J connectivity index is 1.86. The number of hydrogen-bond donors (Lipinski definition) is 0. The van der Waals surface area contributed by atoms with Crippen molar-refractivity contribution in [1.29, 1.82) is 0 Å². The highest BCUT2D eigenvalue weighted by Crippen LogP contribution is 2.37. The summed E-state index contributed by atoms with van der Waals surface area (Å²) in [4.78, 5) is 25.7. The second-order valence-corrected chi connectivity index (χ2v) is 8.47. The number of amides is 1. The van der Waals surface area contributed by atoms with E-state index in [4.69, 9.17) is 12.2 Å². The van der Waals surface area contributed by atoms with Crippen LogP contribution < -0.4 is 4.90 Å². The van der Waals surface area contributed by atoms with E-state index in [2.05, 4.69) is 13.8 Å². The molecule has 2 aromatic rings. The van der Waals surface area contributed by atoms with E-state index in [0.717, 1.165) is 17.0 Å². The molecule has 0 radical (unpaired) electrons. The lowest BCUT2D eigenvalue weighted by molar-refractivity contribution is -0.380. The smallest absolute Gasteiger partial charge is 0.268 e. The van der Waals surface area contributed by atoms with Gasteiger partial charge in [-0.15, -0.1) is 0 Å². The van der Waals surface area contributed by atoms with Crippen molar-refractivity contribution < 1.29 is 9.72 Å². The minimum atomic E-state index is -0.441. The summed E-state index contributed by atoms with van der Waals surface area (Å²) in [6.45, 7) is 4.22. The van der Waals surface area contributed by atoms with Gasteiger partial charge in [-0.1, -0.05) is 61.3 Å². The van der Waals surface area contributed by atoms with Gasteiger partial charge < -0.3 is 0 Å². The normalized spacial score (nSPS) is 16.3. The van der Waals surface area contributed by atoms with Crippen LogP contribution in [-0.2, 0) is 4.79 Å². The molecule has 1 aliphatic rings. The number of carbonyl (C=O) groups is 1. The highest BCUT2D eigenvalue weighted by Gasteiger charge is 2.33. The third-order valence-electron chi connectivity index (χ3n) is 3.68. The molecule has 0 saturated carbocycles. The first-order chi connectivity index (χ1) is 11.9. The van der Waals surface area contributed by atoms with Gasteiger partial charge in [-0.2, -0.15) is 0 Å². The van der Waals surface area contributed by atoms with Crippen LogP contribution in [0.15, 0.2) is 41.3 Å². The van der Waals surface area contributed by atoms with E-state index in [1.807, 2.05) is 24.3 Å². The van der Waals surface area contributed by atoms with Crippen molar-refractivity contribution in [2.45, 2.75) is 19.8 Å². The maximum atomic E-state index is 12.7. The third kappa shape index (κ3) is 3.65. The minimum absolute atomic E-state index is 0.0472. The van der Waals surface area contributed by atoms with Crippen molar-refractivity contribution in [2.24, 2.45) is 0 Å². The Kier molecular flexibility index (Phi) is 5.03. The van der Waals surface area contributed by atoms with E-state index in [1.54, 1.807) is 12.1 Å². The van der Waals surface area contributed by atoms with Crippen molar-refractivity contribution in [2.75, 3.05) is 4.90 Å². The molecule has 1 fully saturated rings. The summed E-state index contributed by atoms with van der Waals surface area (Å²) in [5.41, 5.74) is 1.92. The zero-order valence-corrected chi connectivity index (χ0v) is 15.9. The summed E-state index contributed by atoms with van der Waals surface area (Å²) >= 11 is 7.58. The Morgan fingerprint density at radius 1 is 1.20 bits per heavy atom. The Morgan fingerprint density at radius 3 is 2.44 bits per heavy atom. The molecule has 0 N–H and O–H groups in total. The van der Waals surface area contributed by atoms with E-state index in [1.165, 1.54) is 28.3 Å². The molecule has 1 aromatic carbocycles. The average molecular weight is 391 g/mol. The quantitative estimate of drug-likeness (QED) is 0.311. The fourth-order valence-corrected chi connectivity index (χ4v) is 4.48. The molecule has 128 valence electrons. The van der Waals surface area contributed by atoms with E-state index in [-0.39, 0.29) is 10.9 Å². The molecule has 0 unspecified atom stereocenters. The van der Waals surface area contributed by atoms with E-state index >= 15 is 0 Å². The van der Waals surface area contributed by atoms with Gasteiger partial charge in [0.2, 0.25) is 0 Å². The molecular formula is C17H14N2O3S3. The molecule has 0 atom stereocenters.